The van der Waals surface area contributed by atoms with Gasteiger partial charge >= 0.3 is 0 Å². The molecule has 0 radical (unpaired) electrons. The second kappa shape index (κ2) is 27.8. The van der Waals surface area contributed by atoms with Crippen molar-refractivity contribution in [3.05, 3.63) is 34.9 Å². The Hall–Kier alpha value is -0.780. The van der Waals surface area contributed by atoms with Crippen molar-refractivity contribution in [1.29, 1.82) is 0 Å². The number of unbranched alkanes of at least 4 members (excludes halogenated alkanes) is 1. The first kappa shape index (κ1) is 44.2. The van der Waals surface area contributed by atoms with Gasteiger partial charge in [0, 0.05) is 0 Å². The Labute approximate surface area is 245 Å². The maximum Gasteiger partial charge on any atom is -0.0137 e. The maximum absolute atomic E-state index is 4.49. The molecule has 0 heterocycles. The average Bonchev–Trinajstić information content (AvgIpc) is 3.75. The Bertz CT molecular complexity index is 572. The fraction of sp³-hybridized carbons (Fsp3) is 0.842. The Morgan fingerprint density at radius 3 is 1.55 bits per heavy atom. The Morgan fingerprint density at radius 1 is 0.737 bits per heavy atom. The molecular formula is C38H78. The summed E-state index contributed by atoms with van der Waals surface area (Å²) in [5, 5.41) is 0. The normalized spacial score (nSPS) is 20.1. The summed E-state index contributed by atoms with van der Waals surface area (Å²) in [6.45, 7) is 40.7. The molecule has 0 spiro atoms. The predicted octanol–water partition coefficient (Wildman–Crippen LogP) is 14.4. The lowest BCUT2D eigenvalue weighted by molar-refractivity contribution is 0.183. The van der Waals surface area contributed by atoms with Gasteiger partial charge in [-0.15, -0.1) is 0 Å². The first-order valence-electron chi connectivity index (χ1n) is 17.0. The van der Waals surface area contributed by atoms with E-state index in [0.717, 1.165) is 23.7 Å². The van der Waals surface area contributed by atoms with Gasteiger partial charge in [-0.25, -0.2) is 0 Å². The Balaban J connectivity index is -0.000000286. The quantitative estimate of drug-likeness (QED) is 0.214. The van der Waals surface area contributed by atoms with Gasteiger partial charge < -0.3 is 0 Å². The van der Waals surface area contributed by atoms with Crippen LogP contribution in [-0.2, 0) is 0 Å². The van der Waals surface area contributed by atoms with Gasteiger partial charge in [0.2, 0.25) is 0 Å². The second-order valence-electron chi connectivity index (χ2n) is 11.6. The van der Waals surface area contributed by atoms with Crippen molar-refractivity contribution >= 4 is 0 Å². The second-order valence-corrected chi connectivity index (χ2v) is 11.6. The third-order valence-corrected chi connectivity index (χ3v) is 7.68. The van der Waals surface area contributed by atoms with Crippen LogP contribution in [0.2, 0.25) is 0 Å². The van der Waals surface area contributed by atoms with E-state index in [2.05, 4.69) is 75.0 Å². The minimum absolute atomic E-state index is 0.360. The van der Waals surface area contributed by atoms with E-state index in [0.29, 0.717) is 5.41 Å². The van der Waals surface area contributed by atoms with E-state index < -0.39 is 0 Å². The molecule has 0 bridgehead atoms. The molecule has 0 saturated heterocycles. The third kappa shape index (κ3) is 21.1. The molecule has 3 unspecified atom stereocenters. The van der Waals surface area contributed by atoms with Gasteiger partial charge in [0.15, 0.2) is 0 Å². The summed E-state index contributed by atoms with van der Waals surface area (Å²) < 4.78 is 0. The molecule has 0 nitrogen and oxygen atoms in total. The molecule has 0 heteroatoms. The van der Waals surface area contributed by atoms with Gasteiger partial charge in [-0.2, -0.15) is 0 Å². The van der Waals surface area contributed by atoms with E-state index in [1.165, 1.54) is 86.5 Å². The molecule has 230 valence electrons. The molecule has 0 aromatic carbocycles. The number of hydrogen-bond donors (Lipinski definition) is 0. The minimum atomic E-state index is 0.360. The lowest BCUT2D eigenvalue weighted by Gasteiger charge is -2.38. The van der Waals surface area contributed by atoms with Crippen molar-refractivity contribution in [1.82, 2.24) is 0 Å². The lowest BCUT2D eigenvalue weighted by Crippen LogP contribution is -2.27. The van der Waals surface area contributed by atoms with Crippen molar-refractivity contribution in [3.63, 3.8) is 0 Å². The topological polar surface area (TPSA) is 0 Å². The maximum atomic E-state index is 4.49. The molecule has 0 amide bonds. The molecule has 0 aromatic rings. The summed E-state index contributed by atoms with van der Waals surface area (Å²) in [6, 6.07) is 0. The highest BCUT2D eigenvalue weighted by Crippen LogP contribution is 2.46. The smallest absolute Gasteiger partial charge is 0.0137 e. The predicted molar refractivity (Wildman–Crippen MR) is 183 cm³/mol. The molecule has 2 fully saturated rings. The lowest BCUT2D eigenvalue weighted by atomic mass is 9.67. The molecule has 2 rings (SSSR count). The number of allylic oxidation sites excluding steroid dienone is 5. The van der Waals surface area contributed by atoms with Crippen LogP contribution < -0.4 is 0 Å². The molecule has 3 atom stereocenters. The molecule has 2 saturated carbocycles. The van der Waals surface area contributed by atoms with Crippen LogP contribution in [0.3, 0.4) is 0 Å². The molecule has 38 heavy (non-hydrogen) atoms. The zero-order valence-electron chi connectivity index (χ0n) is 30.2. The molecule has 2 aliphatic rings. The van der Waals surface area contributed by atoms with Gasteiger partial charge in [0.05, 0.1) is 0 Å². The SMILES string of the molecule is C=C(/C(C)=C/CCC)C1CCC(CC2CC2)CC1CCC.CC.CC.CC.CC.CC(C)=C(C)C(C)(C)C. The molecule has 2 aliphatic carbocycles. The first-order chi connectivity index (χ1) is 18.0. The van der Waals surface area contributed by atoms with E-state index in [-0.39, 0.29) is 0 Å². The van der Waals surface area contributed by atoms with Crippen molar-refractivity contribution < 1.29 is 0 Å². The van der Waals surface area contributed by atoms with Crippen LogP contribution in [0.1, 0.15) is 182 Å². The largest absolute Gasteiger partial charge is 0.0953 e. The molecule has 0 aromatic heterocycles. The molecule has 0 N–H and O–H groups in total. The Morgan fingerprint density at radius 2 is 1.21 bits per heavy atom. The van der Waals surface area contributed by atoms with E-state index in [9.17, 15) is 0 Å². The highest BCUT2D eigenvalue weighted by Gasteiger charge is 2.34. The fourth-order valence-electron chi connectivity index (χ4n) is 5.08. The van der Waals surface area contributed by atoms with Crippen LogP contribution >= 0.6 is 0 Å². The minimum Gasteiger partial charge on any atom is -0.0953 e. The standard InChI is InChI=1S/C21H36.C9H18.4C2H6/c1-5-7-9-16(3)17(4)21-13-12-19(14-18-10-11-18)15-20(21)8-6-2;1-7(2)8(3)9(4,5)6;4*1-2/h9,18-21H,4-8,10-15H2,1-3H3;1-6H3;4*1-2H3/b16-9+;;;;;. The van der Waals surface area contributed by atoms with Crippen molar-refractivity contribution in [3.8, 4) is 0 Å². The summed E-state index contributed by atoms with van der Waals surface area (Å²) in [4.78, 5) is 0. The van der Waals surface area contributed by atoms with Gasteiger partial charge in [0.1, 0.15) is 0 Å². The zero-order valence-corrected chi connectivity index (χ0v) is 30.2. The summed E-state index contributed by atoms with van der Waals surface area (Å²) in [7, 11) is 0. The van der Waals surface area contributed by atoms with Crippen LogP contribution in [0.25, 0.3) is 0 Å². The highest BCUT2D eigenvalue weighted by atomic mass is 14.4. The summed E-state index contributed by atoms with van der Waals surface area (Å²) >= 11 is 0. The third-order valence-electron chi connectivity index (χ3n) is 7.68. The Kier molecular flexibility index (Phi) is 32.3. The van der Waals surface area contributed by atoms with Crippen molar-refractivity contribution in [2.75, 3.05) is 0 Å². The summed E-state index contributed by atoms with van der Waals surface area (Å²) in [5.74, 6) is 3.81. The summed E-state index contributed by atoms with van der Waals surface area (Å²) in [6.07, 6.45) is 16.5. The average molecular weight is 535 g/mol. The van der Waals surface area contributed by atoms with E-state index in [1.807, 2.05) is 55.4 Å². The van der Waals surface area contributed by atoms with E-state index >= 15 is 0 Å². The van der Waals surface area contributed by atoms with E-state index in [1.54, 1.807) is 0 Å². The molecular weight excluding hydrogens is 456 g/mol. The van der Waals surface area contributed by atoms with Gasteiger partial charge in [-0.3, -0.25) is 0 Å². The van der Waals surface area contributed by atoms with Crippen LogP contribution in [-0.4, -0.2) is 0 Å². The van der Waals surface area contributed by atoms with Crippen LogP contribution in [0.15, 0.2) is 34.9 Å². The zero-order chi connectivity index (χ0) is 30.9. The van der Waals surface area contributed by atoms with Crippen molar-refractivity contribution in [2.45, 2.75) is 182 Å². The van der Waals surface area contributed by atoms with Crippen LogP contribution in [0, 0.1) is 29.1 Å². The summed E-state index contributed by atoms with van der Waals surface area (Å²) in [5.41, 5.74) is 6.25. The van der Waals surface area contributed by atoms with Crippen LogP contribution in [0.4, 0.5) is 0 Å². The van der Waals surface area contributed by atoms with E-state index in [4.69, 9.17) is 0 Å². The van der Waals surface area contributed by atoms with Gasteiger partial charge in [-0.1, -0.05) is 151 Å². The first-order valence-corrected chi connectivity index (χ1v) is 17.0. The van der Waals surface area contributed by atoms with Crippen molar-refractivity contribution in [2.24, 2.45) is 29.1 Å². The van der Waals surface area contributed by atoms with Gasteiger partial charge in [-0.05, 0) is 94.5 Å². The number of hydrogen-bond acceptors (Lipinski definition) is 0. The highest BCUT2D eigenvalue weighted by molar-refractivity contribution is 5.29. The van der Waals surface area contributed by atoms with Gasteiger partial charge in [0.25, 0.3) is 0 Å². The molecule has 0 aliphatic heterocycles. The monoisotopic (exact) mass is 535 g/mol. The number of rotatable bonds is 8. The van der Waals surface area contributed by atoms with Crippen LogP contribution in [0.5, 0.6) is 0 Å². The fourth-order valence-corrected chi connectivity index (χ4v) is 5.08.